The Labute approximate surface area is 142 Å². The van der Waals surface area contributed by atoms with Crippen LogP contribution in [0.2, 0.25) is 0 Å². The predicted molar refractivity (Wildman–Crippen MR) is 82.3 cm³/mol. The molecule has 0 spiro atoms. The predicted octanol–water partition coefficient (Wildman–Crippen LogP) is 1.18. The topological polar surface area (TPSA) is 152 Å². The highest BCUT2D eigenvalue weighted by Crippen LogP contribution is 2.15. The SMILES string of the molecule is O=C(OC(=O)c1cccc(S(=O)(=O)O)c1)c1cccc(S(=O)(=O)O)c1. The van der Waals surface area contributed by atoms with Crippen molar-refractivity contribution in [2.75, 3.05) is 0 Å². The van der Waals surface area contributed by atoms with Crippen LogP contribution in [0, 0.1) is 0 Å². The van der Waals surface area contributed by atoms with Crippen molar-refractivity contribution in [3.8, 4) is 0 Å². The van der Waals surface area contributed by atoms with Crippen LogP contribution in [0.3, 0.4) is 0 Å². The zero-order valence-corrected chi connectivity index (χ0v) is 13.8. The lowest BCUT2D eigenvalue weighted by Gasteiger charge is -2.05. The molecule has 0 saturated heterocycles. The maximum atomic E-state index is 11.9. The number of hydrogen-bond donors (Lipinski definition) is 2. The van der Waals surface area contributed by atoms with E-state index in [2.05, 4.69) is 4.74 Å². The molecule has 0 aliphatic heterocycles. The average Bonchev–Trinajstić information content (AvgIpc) is 2.53. The first-order valence-corrected chi connectivity index (χ1v) is 9.28. The Kier molecular flexibility index (Phi) is 5.04. The van der Waals surface area contributed by atoms with Crippen molar-refractivity contribution in [1.29, 1.82) is 0 Å². The van der Waals surface area contributed by atoms with Crippen molar-refractivity contribution in [3.63, 3.8) is 0 Å². The minimum Gasteiger partial charge on any atom is -0.386 e. The van der Waals surface area contributed by atoms with E-state index in [-0.39, 0.29) is 11.1 Å². The molecule has 9 nitrogen and oxygen atoms in total. The van der Waals surface area contributed by atoms with E-state index < -0.39 is 42.0 Å². The van der Waals surface area contributed by atoms with Crippen LogP contribution in [0.5, 0.6) is 0 Å². The lowest BCUT2D eigenvalue weighted by Crippen LogP contribution is -2.14. The van der Waals surface area contributed by atoms with Crippen LogP contribution in [0.4, 0.5) is 0 Å². The van der Waals surface area contributed by atoms with Crippen molar-refractivity contribution in [2.45, 2.75) is 9.79 Å². The van der Waals surface area contributed by atoms with E-state index in [1.807, 2.05) is 0 Å². The first-order chi connectivity index (χ1) is 11.5. The van der Waals surface area contributed by atoms with E-state index >= 15 is 0 Å². The summed E-state index contributed by atoms with van der Waals surface area (Å²) in [6.45, 7) is 0. The molecule has 0 saturated carbocycles. The lowest BCUT2D eigenvalue weighted by molar-refractivity contribution is 0.0397. The van der Waals surface area contributed by atoms with Crippen LogP contribution in [-0.2, 0) is 25.0 Å². The molecule has 0 amide bonds. The molecular weight excluding hydrogens is 376 g/mol. The first-order valence-electron chi connectivity index (χ1n) is 6.40. The number of benzene rings is 2. The molecule has 2 rings (SSSR count). The van der Waals surface area contributed by atoms with Gasteiger partial charge < -0.3 is 4.74 Å². The van der Waals surface area contributed by atoms with E-state index in [0.717, 1.165) is 48.5 Å². The van der Waals surface area contributed by atoms with Gasteiger partial charge in [-0.05, 0) is 36.4 Å². The molecular formula is C14H10O9S2. The molecule has 0 unspecified atom stereocenters. The Morgan fingerprint density at radius 1 is 0.720 bits per heavy atom. The summed E-state index contributed by atoms with van der Waals surface area (Å²) in [7, 11) is -9.10. The van der Waals surface area contributed by atoms with Crippen molar-refractivity contribution in [3.05, 3.63) is 59.7 Å². The fourth-order valence-electron chi connectivity index (χ4n) is 1.77. The molecule has 0 fully saturated rings. The van der Waals surface area contributed by atoms with E-state index in [0.29, 0.717) is 0 Å². The van der Waals surface area contributed by atoms with E-state index in [9.17, 15) is 26.4 Å². The monoisotopic (exact) mass is 386 g/mol. The zero-order chi connectivity index (χ0) is 18.8. The third kappa shape index (κ3) is 4.70. The van der Waals surface area contributed by atoms with Gasteiger partial charge in [0.05, 0.1) is 20.9 Å². The second-order valence-corrected chi connectivity index (χ2v) is 7.53. The number of esters is 2. The van der Waals surface area contributed by atoms with Gasteiger partial charge in [0.1, 0.15) is 0 Å². The van der Waals surface area contributed by atoms with Crippen molar-refractivity contribution in [2.24, 2.45) is 0 Å². The van der Waals surface area contributed by atoms with Crippen LogP contribution in [0.25, 0.3) is 0 Å². The van der Waals surface area contributed by atoms with Gasteiger partial charge in [-0.2, -0.15) is 16.8 Å². The highest BCUT2D eigenvalue weighted by molar-refractivity contribution is 7.86. The standard InChI is InChI=1S/C14H10O9S2/c15-13(9-3-1-5-11(7-9)24(17,18)19)23-14(16)10-4-2-6-12(8-10)25(20,21)22/h1-8H,(H,17,18,19)(H,20,21,22). The molecule has 11 heteroatoms. The molecule has 2 N–H and O–H groups in total. The van der Waals surface area contributed by atoms with Crippen LogP contribution in [-0.4, -0.2) is 37.9 Å². The molecule has 2 aromatic carbocycles. The summed E-state index contributed by atoms with van der Waals surface area (Å²) in [5.74, 6) is -2.43. The number of hydrogen-bond acceptors (Lipinski definition) is 7. The summed E-state index contributed by atoms with van der Waals surface area (Å²) in [5.41, 5.74) is -0.649. The molecule has 0 aliphatic carbocycles. The van der Waals surface area contributed by atoms with Gasteiger partial charge in [0.2, 0.25) is 0 Å². The Morgan fingerprint density at radius 3 is 1.40 bits per heavy atom. The van der Waals surface area contributed by atoms with Crippen LogP contribution in [0.1, 0.15) is 20.7 Å². The van der Waals surface area contributed by atoms with Crippen molar-refractivity contribution < 1.29 is 40.3 Å². The van der Waals surface area contributed by atoms with Gasteiger partial charge in [0, 0.05) is 0 Å². The molecule has 25 heavy (non-hydrogen) atoms. The Balaban J connectivity index is 2.26. The van der Waals surface area contributed by atoms with Gasteiger partial charge in [0.15, 0.2) is 0 Å². The van der Waals surface area contributed by atoms with E-state index in [1.165, 1.54) is 0 Å². The minimum atomic E-state index is -4.55. The third-order valence-corrected chi connectivity index (χ3v) is 4.62. The molecule has 0 radical (unpaired) electrons. The minimum absolute atomic E-state index is 0.325. The van der Waals surface area contributed by atoms with Gasteiger partial charge >= 0.3 is 11.9 Å². The summed E-state index contributed by atoms with van der Waals surface area (Å²) < 4.78 is 66.6. The molecule has 0 aliphatic rings. The first kappa shape index (κ1) is 18.7. The fourth-order valence-corrected chi connectivity index (χ4v) is 2.82. The zero-order valence-electron chi connectivity index (χ0n) is 12.2. The average molecular weight is 386 g/mol. The smallest absolute Gasteiger partial charge is 0.346 e. The molecule has 0 heterocycles. The quantitative estimate of drug-likeness (QED) is 0.448. The van der Waals surface area contributed by atoms with E-state index in [1.54, 1.807) is 0 Å². The summed E-state index contributed by atoms with van der Waals surface area (Å²) >= 11 is 0. The Hall–Kier alpha value is -2.60. The largest absolute Gasteiger partial charge is 0.386 e. The summed E-state index contributed by atoms with van der Waals surface area (Å²) in [4.78, 5) is 22.7. The molecule has 0 aromatic heterocycles. The number of ether oxygens (including phenoxy) is 1. The van der Waals surface area contributed by atoms with Gasteiger partial charge in [-0.25, -0.2) is 9.59 Å². The van der Waals surface area contributed by atoms with Gasteiger partial charge in [0.25, 0.3) is 20.2 Å². The van der Waals surface area contributed by atoms with Crippen molar-refractivity contribution in [1.82, 2.24) is 0 Å². The fraction of sp³-hybridized carbons (Fsp3) is 0. The normalized spacial score (nSPS) is 11.8. The van der Waals surface area contributed by atoms with Gasteiger partial charge in [-0.1, -0.05) is 12.1 Å². The maximum absolute atomic E-state index is 11.9. The second-order valence-electron chi connectivity index (χ2n) is 4.68. The molecule has 0 bridgehead atoms. The summed E-state index contributed by atoms with van der Waals surface area (Å²) in [6.07, 6.45) is 0. The highest BCUT2D eigenvalue weighted by atomic mass is 32.2. The molecule has 2 aromatic rings. The Morgan fingerprint density at radius 2 is 1.08 bits per heavy atom. The second kappa shape index (κ2) is 6.72. The van der Waals surface area contributed by atoms with Gasteiger partial charge in [-0.3, -0.25) is 9.11 Å². The number of carbonyl (C=O) groups excluding carboxylic acids is 2. The number of rotatable bonds is 4. The lowest BCUT2D eigenvalue weighted by atomic mass is 10.2. The molecule has 132 valence electrons. The summed E-state index contributed by atoms with van der Waals surface area (Å²) in [5, 5.41) is 0. The third-order valence-electron chi connectivity index (χ3n) is 2.92. The van der Waals surface area contributed by atoms with Crippen LogP contribution < -0.4 is 0 Å². The highest BCUT2D eigenvalue weighted by Gasteiger charge is 2.19. The van der Waals surface area contributed by atoms with Crippen LogP contribution in [0.15, 0.2) is 58.3 Å². The Bertz CT molecular complexity index is 968. The van der Waals surface area contributed by atoms with E-state index in [4.69, 9.17) is 9.11 Å². The summed E-state index contributed by atoms with van der Waals surface area (Å²) in [6, 6.07) is 8.29. The van der Waals surface area contributed by atoms with Crippen molar-refractivity contribution >= 4 is 32.2 Å². The van der Waals surface area contributed by atoms with Gasteiger partial charge in [-0.15, -0.1) is 0 Å². The maximum Gasteiger partial charge on any atom is 0.346 e. The number of carbonyl (C=O) groups is 2. The molecule has 0 atom stereocenters. The van der Waals surface area contributed by atoms with Crippen LogP contribution >= 0.6 is 0 Å².